The molecular formula is C20H24FN3OS. The number of hydrogen-bond donors (Lipinski definition) is 1. The minimum atomic E-state index is -0.207. The van der Waals surface area contributed by atoms with Gasteiger partial charge in [0.15, 0.2) is 0 Å². The van der Waals surface area contributed by atoms with Crippen LogP contribution in [0.25, 0.3) is 0 Å². The van der Waals surface area contributed by atoms with E-state index >= 15 is 0 Å². The first-order valence-corrected chi connectivity index (χ1v) is 10.0. The monoisotopic (exact) mass is 373 g/mol. The molecule has 1 saturated heterocycles. The molecule has 0 unspecified atom stereocenters. The van der Waals surface area contributed by atoms with E-state index in [9.17, 15) is 9.18 Å². The summed E-state index contributed by atoms with van der Waals surface area (Å²) in [6, 6.07) is 14.5. The molecule has 1 aliphatic rings. The summed E-state index contributed by atoms with van der Waals surface area (Å²) in [5.41, 5.74) is 1.93. The molecule has 6 heteroatoms. The highest BCUT2D eigenvalue weighted by atomic mass is 32.2. The Morgan fingerprint density at radius 2 is 1.77 bits per heavy atom. The molecule has 0 aliphatic carbocycles. The second-order valence-corrected chi connectivity index (χ2v) is 7.15. The van der Waals surface area contributed by atoms with Crippen LogP contribution in [0.2, 0.25) is 0 Å². The number of nitrogens with zero attached hydrogens (tertiary/aromatic N) is 2. The molecule has 26 heavy (non-hydrogen) atoms. The zero-order chi connectivity index (χ0) is 18.4. The summed E-state index contributed by atoms with van der Waals surface area (Å²) in [6.07, 6.45) is 2.49. The largest absolute Gasteiger partial charge is 0.369 e. The van der Waals surface area contributed by atoms with Gasteiger partial charge in [-0.25, -0.2) is 4.39 Å². The van der Waals surface area contributed by atoms with Crippen LogP contribution in [-0.2, 0) is 4.79 Å². The number of rotatable bonds is 6. The van der Waals surface area contributed by atoms with Gasteiger partial charge in [-0.15, -0.1) is 11.8 Å². The third-order valence-corrected chi connectivity index (χ3v) is 5.40. The average molecular weight is 373 g/mol. The van der Waals surface area contributed by atoms with Crippen LogP contribution in [0.5, 0.6) is 0 Å². The molecule has 0 radical (unpaired) electrons. The third-order valence-electron chi connectivity index (χ3n) is 4.60. The smallest absolute Gasteiger partial charge is 0.225 e. The van der Waals surface area contributed by atoms with Crippen LogP contribution in [0.15, 0.2) is 53.4 Å². The van der Waals surface area contributed by atoms with E-state index in [0.717, 1.165) is 49.0 Å². The Morgan fingerprint density at radius 3 is 2.46 bits per heavy atom. The molecule has 2 aromatic carbocycles. The summed E-state index contributed by atoms with van der Waals surface area (Å²) < 4.78 is 13.0. The van der Waals surface area contributed by atoms with Crippen molar-refractivity contribution in [3.63, 3.8) is 0 Å². The quantitative estimate of drug-likeness (QED) is 0.783. The number of carbonyl (C=O) groups excluding carboxylic acids is 1. The van der Waals surface area contributed by atoms with Gasteiger partial charge in [-0.3, -0.25) is 9.69 Å². The number of benzene rings is 2. The van der Waals surface area contributed by atoms with Gasteiger partial charge in [0.1, 0.15) is 5.82 Å². The first-order chi connectivity index (χ1) is 12.7. The second kappa shape index (κ2) is 9.05. The number of halogens is 1. The number of nitrogens with one attached hydrogen (secondary N) is 1. The first kappa shape index (κ1) is 18.7. The average Bonchev–Trinajstić information content (AvgIpc) is 2.68. The van der Waals surface area contributed by atoms with E-state index in [-0.39, 0.29) is 11.7 Å². The summed E-state index contributed by atoms with van der Waals surface area (Å²) >= 11 is 1.63. The lowest BCUT2D eigenvalue weighted by Gasteiger charge is -2.36. The fourth-order valence-electron chi connectivity index (χ4n) is 3.10. The fourth-order valence-corrected chi connectivity index (χ4v) is 3.66. The van der Waals surface area contributed by atoms with Crippen molar-refractivity contribution in [2.75, 3.05) is 49.2 Å². The summed E-state index contributed by atoms with van der Waals surface area (Å²) in [7, 11) is 0. The van der Waals surface area contributed by atoms with Crippen molar-refractivity contribution >= 4 is 29.0 Å². The van der Waals surface area contributed by atoms with Crippen LogP contribution >= 0.6 is 11.8 Å². The minimum absolute atomic E-state index is 0.0486. The molecule has 1 N–H and O–H groups in total. The molecule has 0 atom stereocenters. The molecule has 1 fully saturated rings. The minimum Gasteiger partial charge on any atom is -0.369 e. The topological polar surface area (TPSA) is 35.6 Å². The molecule has 0 aromatic heterocycles. The number of carbonyl (C=O) groups is 1. The van der Waals surface area contributed by atoms with Crippen LogP contribution in [0.4, 0.5) is 15.8 Å². The summed E-state index contributed by atoms with van der Waals surface area (Å²) in [6.45, 7) is 4.35. The summed E-state index contributed by atoms with van der Waals surface area (Å²) in [5, 5.41) is 3.01. The van der Waals surface area contributed by atoms with Crippen molar-refractivity contribution in [1.29, 1.82) is 0 Å². The van der Waals surface area contributed by atoms with Gasteiger partial charge >= 0.3 is 0 Å². The van der Waals surface area contributed by atoms with Gasteiger partial charge in [0.25, 0.3) is 0 Å². The molecular weight excluding hydrogens is 349 g/mol. The highest BCUT2D eigenvalue weighted by Crippen LogP contribution is 2.24. The van der Waals surface area contributed by atoms with E-state index in [1.807, 2.05) is 42.7 Å². The number of para-hydroxylation sites is 1. The van der Waals surface area contributed by atoms with Crippen molar-refractivity contribution in [1.82, 2.24) is 4.90 Å². The molecule has 1 heterocycles. The van der Waals surface area contributed by atoms with Gasteiger partial charge < -0.3 is 10.2 Å². The highest BCUT2D eigenvalue weighted by Gasteiger charge is 2.18. The maximum Gasteiger partial charge on any atom is 0.225 e. The molecule has 0 spiro atoms. The van der Waals surface area contributed by atoms with Gasteiger partial charge in [-0.1, -0.05) is 12.1 Å². The normalized spacial score (nSPS) is 15.1. The third kappa shape index (κ3) is 4.99. The Morgan fingerprint density at radius 1 is 1.08 bits per heavy atom. The van der Waals surface area contributed by atoms with Gasteiger partial charge in [-0.2, -0.15) is 0 Å². The second-order valence-electron chi connectivity index (χ2n) is 6.30. The first-order valence-electron chi connectivity index (χ1n) is 8.81. The molecule has 0 saturated carbocycles. The van der Waals surface area contributed by atoms with Gasteiger partial charge in [0.05, 0.1) is 5.69 Å². The van der Waals surface area contributed by atoms with E-state index in [1.54, 1.807) is 11.8 Å². The lowest BCUT2D eigenvalue weighted by Crippen LogP contribution is -2.47. The zero-order valence-corrected chi connectivity index (χ0v) is 15.8. The predicted octanol–water partition coefficient (Wildman–Crippen LogP) is 3.70. The Balaban J connectivity index is 1.43. The van der Waals surface area contributed by atoms with Gasteiger partial charge in [0, 0.05) is 49.7 Å². The molecule has 138 valence electrons. The van der Waals surface area contributed by atoms with Crippen molar-refractivity contribution in [3.8, 4) is 0 Å². The number of thioether (sulfide) groups is 1. The molecule has 1 amide bonds. The number of amides is 1. The SMILES string of the molecule is CSc1ccccc1NC(=O)CCN1CCN(c2ccc(F)cc2)CC1. The standard InChI is InChI=1S/C20H24FN3OS/c1-26-19-5-3-2-4-18(19)22-20(25)10-11-23-12-14-24(15-13-23)17-8-6-16(21)7-9-17/h2-9H,10-15H2,1H3,(H,22,25). The van der Waals surface area contributed by atoms with Gasteiger partial charge in [-0.05, 0) is 42.7 Å². The van der Waals surface area contributed by atoms with Crippen molar-refractivity contribution < 1.29 is 9.18 Å². The molecule has 3 rings (SSSR count). The molecule has 2 aromatic rings. The van der Waals surface area contributed by atoms with E-state index in [4.69, 9.17) is 0 Å². The zero-order valence-electron chi connectivity index (χ0n) is 15.0. The Hall–Kier alpha value is -2.05. The maximum absolute atomic E-state index is 13.0. The van der Waals surface area contributed by atoms with Crippen LogP contribution in [0.1, 0.15) is 6.42 Å². The maximum atomic E-state index is 13.0. The van der Waals surface area contributed by atoms with Crippen molar-refractivity contribution in [2.45, 2.75) is 11.3 Å². The van der Waals surface area contributed by atoms with E-state index in [2.05, 4.69) is 15.1 Å². The summed E-state index contributed by atoms with van der Waals surface area (Å²) in [5.74, 6) is -0.158. The summed E-state index contributed by atoms with van der Waals surface area (Å²) in [4.78, 5) is 17.9. The number of anilines is 2. The fraction of sp³-hybridized carbons (Fsp3) is 0.350. The van der Waals surface area contributed by atoms with Crippen LogP contribution in [0, 0.1) is 5.82 Å². The van der Waals surface area contributed by atoms with Crippen LogP contribution in [-0.4, -0.2) is 49.8 Å². The highest BCUT2D eigenvalue weighted by molar-refractivity contribution is 7.98. The predicted molar refractivity (Wildman–Crippen MR) is 107 cm³/mol. The Kier molecular flexibility index (Phi) is 6.52. The van der Waals surface area contributed by atoms with Crippen molar-refractivity contribution in [2.24, 2.45) is 0 Å². The van der Waals surface area contributed by atoms with E-state index < -0.39 is 0 Å². The molecule has 1 aliphatic heterocycles. The number of hydrogen-bond acceptors (Lipinski definition) is 4. The molecule has 0 bridgehead atoms. The van der Waals surface area contributed by atoms with E-state index in [0.29, 0.717) is 6.42 Å². The lowest BCUT2D eigenvalue weighted by molar-refractivity contribution is -0.116. The number of piperazine rings is 1. The van der Waals surface area contributed by atoms with Crippen LogP contribution in [0.3, 0.4) is 0 Å². The lowest BCUT2D eigenvalue weighted by atomic mass is 10.2. The van der Waals surface area contributed by atoms with Crippen molar-refractivity contribution in [3.05, 3.63) is 54.3 Å². The molecule has 4 nitrogen and oxygen atoms in total. The Labute approximate surface area is 158 Å². The van der Waals surface area contributed by atoms with Gasteiger partial charge in [0.2, 0.25) is 5.91 Å². The van der Waals surface area contributed by atoms with E-state index in [1.165, 1.54) is 12.1 Å². The van der Waals surface area contributed by atoms with Crippen LogP contribution < -0.4 is 10.2 Å². The Bertz CT molecular complexity index is 730.